The minimum atomic E-state index is -0.600. The molecule has 1 atom stereocenters. The summed E-state index contributed by atoms with van der Waals surface area (Å²) < 4.78 is 5.04. The first-order valence-corrected chi connectivity index (χ1v) is 7.04. The number of nitrogens with zero attached hydrogens (tertiary/aromatic N) is 1. The van der Waals surface area contributed by atoms with Crippen LogP contribution in [0.25, 0.3) is 6.08 Å². The molecule has 110 valence electrons. The third-order valence-corrected chi connectivity index (χ3v) is 3.51. The summed E-state index contributed by atoms with van der Waals surface area (Å²) in [6.45, 7) is 0.188. The summed E-state index contributed by atoms with van der Waals surface area (Å²) >= 11 is 0. The number of ether oxygens (including phenoxy) is 1. The molecule has 4 nitrogen and oxygen atoms in total. The van der Waals surface area contributed by atoms with Crippen LogP contribution in [0.2, 0.25) is 0 Å². The molecule has 0 aromatic heterocycles. The average Bonchev–Trinajstić information content (AvgIpc) is 2.96. The number of carbonyl (C=O) groups is 2. The molecule has 2 aromatic carbocycles. The van der Waals surface area contributed by atoms with Gasteiger partial charge in [0, 0.05) is 6.08 Å². The van der Waals surface area contributed by atoms with Gasteiger partial charge in [0.2, 0.25) is 0 Å². The zero-order valence-corrected chi connectivity index (χ0v) is 11.9. The Morgan fingerprint density at radius 3 is 2.36 bits per heavy atom. The Morgan fingerprint density at radius 2 is 1.68 bits per heavy atom. The van der Waals surface area contributed by atoms with E-state index < -0.39 is 6.09 Å². The van der Waals surface area contributed by atoms with Crippen LogP contribution in [0.3, 0.4) is 0 Å². The van der Waals surface area contributed by atoms with Crippen LogP contribution in [0, 0.1) is 0 Å². The fourth-order valence-electron chi connectivity index (χ4n) is 2.40. The fraction of sp³-hybridized carbons (Fsp3) is 0.111. The monoisotopic (exact) mass is 293 g/mol. The number of cyclic esters (lactones) is 1. The zero-order chi connectivity index (χ0) is 15.4. The number of hydrogen-bond donors (Lipinski definition) is 0. The van der Waals surface area contributed by atoms with Crippen LogP contribution in [0.15, 0.2) is 66.7 Å². The maximum atomic E-state index is 12.4. The van der Waals surface area contributed by atoms with Crippen molar-refractivity contribution in [3.63, 3.8) is 0 Å². The van der Waals surface area contributed by atoms with Crippen molar-refractivity contribution in [1.82, 2.24) is 4.90 Å². The smallest absolute Gasteiger partial charge is 0.417 e. The van der Waals surface area contributed by atoms with Crippen LogP contribution < -0.4 is 0 Å². The van der Waals surface area contributed by atoms with E-state index in [9.17, 15) is 9.59 Å². The molecule has 4 heteroatoms. The van der Waals surface area contributed by atoms with Crippen LogP contribution in [0.5, 0.6) is 0 Å². The molecule has 0 bridgehead atoms. The fourth-order valence-corrected chi connectivity index (χ4v) is 2.40. The van der Waals surface area contributed by atoms with Crippen LogP contribution >= 0.6 is 0 Å². The van der Waals surface area contributed by atoms with Gasteiger partial charge in [0.1, 0.15) is 12.6 Å². The minimum Gasteiger partial charge on any atom is -0.446 e. The van der Waals surface area contributed by atoms with E-state index in [1.54, 1.807) is 6.08 Å². The molecule has 1 aliphatic heterocycles. The second-order valence-electron chi connectivity index (χ2n) is 4.96. The van der Waals surface area contributed by atoms with Gasteiger partial charge in [-0.2, -0.15) is 0 Å². The maximum absolute atomic E-state index is 12.4. The van der Waals surface area contributed by atoms with Crippen molar-refractivity contribution in [2.45, 2.75) is 6.04 Å². The van der Waals surface area contributed by atoms with Gasteiger partial charge in [0.05, 0.1) is 0 Å². The molecule has 2 amide bonds. The Balaban J connectivity index is 1.80. The van der Waals surface area contributed by atoms with E-state index in [4.69, 9.17) is 4.74 Å². The lowest BCUT2D eigenvalue weighted by Crippen LogP contribution is -2.32. The van der Waals surface area contributed by atoms with Gasteiger partial charge in [-0.25, -0.2) is 9.69 Å². The highest BCUT2D eigenvalue weighted by Crippen LogP contribution is 2.27. The summed E-state index contributed by atoms with van der Waals surface area (Å²) in [5.74, 6) is -0.375. The summed E-state index contributed by atoms with van der Waals surface area (Å²) in [7, 11) is 0. The Hall–Kier alpha value is -2.88. The van der Waals surface area contributed by atoms with Gasteiger partial charge in [-0.15, -0.1) is 0 Å². The molecule has 3 rings (SSSR count). The highest BCUT2D eigenvalue weighted by Gasteiger charge is 2.37. The number of hydrogen-bond acceptors (Lipinski definition) is 3. The number of rotatable bonds is 3. The van der Waals surface area contributed by atoms with Gasteiger partial charge < -0.3 is 4.74 Å². The standard InChI is InChI=1S/C18H15NO3/c20-17(12-11-14-7-3-1-4-8-14)19-16(13-22-18(19)21)15-9-5-2-6-10-15/h1-12,16H,13H2/b12-11-/t16-/m0/s1. The van der Waals surface area contributed by atoms with Gasteiger partial charge in [-0.1, -0.05) is 60.7 Å². The second-order valence-corrected chi connectivity index (χ2v) is 4.96. The summed E-state index contributed by atoms with van der Waals surface area (Å²) in [5.41, 5.74) is 1.79. The van der Waals surface area contributed by atoms with Crippen molar-refractivity contribution in [3.05, 3.63) is 77.9 Å². The predicted octanol–water partition coefficient (Wildman–Crippen LogP) is 3.42. The van der Waals surface area contributed by atoms with Gasteiger partial charge >= 0.3 is 6.09 Å². The first-order valence-electron chi connectivity index (χ1n) is 7.04. The molecule has 1 aliphatic rings. The van der Waals surface area contributed by atoms with Crippen LogP contribution in [-0.4, -0.2) is 23.5 Å². The Morgan fingerprint density at radius 1 is 1.05 bits per heavy atom. The van der Waals surface area contributed by atoms with E-state index in [0.29, 0.717) is 0 Å². The van der Waals surface area contributed by atoms with Gasteiger partial charge in [0.25, 0.3) is 5.91 Å². The SMILES string of the molecule is O=C(/C=C\c1ccccc1)N1C(=O)OC[C@H]1c1ccccc1. The Labute approximate surface area is 128 Å². The topological polar surface area (TPSA) is 46.6 Å². The molecular weight excluding hydrogens is 278 g/mol. The molecule has 0 N–H and O–H groups in total. The largest absolute Gasteiger partial charge is 0.446 e. The van der Waals surface area contributed by atoms with E-state index in [1.165, 1.54) is 6.08 Å². The molecular formula is C18H15NO3. The highest BCUT2D eigenvalue weighted by molar-refractivity contribution is 6.02. The molecule has 1 saturated heterocycles. The third-order valence-electron chi connectivity index (χ3n) is 3.51. The minimum absolute atomic E-state index is 0.188. The quantitative estimate of drug-likeness (QED) is 0.815. The highest BCUT2D eigenvalue weighted by atomic mass is 16.6. The van der Waals surface area contributed by atoms with Crippen LogP contribution in [0.1, 0.15) is 17.2 Å². The van der Waals surface area contributed by atoms with Gasteiger partial charge in [0.15, 0.2) is 0 Å². The number of imide groups is 1. The molecule has 1 heterocycles. The lowest BCUT2D eigenvalue weighted by atomic mass is 10.1. The molecule has 22 heavy (non-hydrogen) atoms. The summed E-state index contributed by atoms with van der Waals surface area (Å²) in [6, 6.07) is 18.5. The Kier molecular flexibility index (Phi) is 4.01. The van der Waals surface area contributed by atoms with Crippen molar-refractivity contribution < 1.29 is 14.3 Å². The van der Waals surface area contributed by atoms with E-state index in [1.807, 2.05) is 60.7 Å². The normalized spacial score (nSPS) is 17.7. The average molecular weight is 293 g/mol. The van der Waals surface area contributed by atoms with E-state index in [-0.39, 0.29) is 18.6 Å². The molecule has 0 aliphatic carbocycles. The van der Waals surface area contributed by atoms with Crippen LogP contribution in [-0.2, 0) is 9.53 Å². The molecule has 0 spiro atoms. The lowest BCUT2D eigenvalue weighted by Gasteiger charge is -2.18. The molecule has 0 unspecified atom stereocenters. The van der Waals surface area contributed by atoms with E-state index in [2.05, 4.69) is 0 Å². The number of carbonyl (C=O) groups excluding carboxylic acids is 2. The van der Waals surface area contributed by atoms with Crippen molar-refractivity contribution in [1.29, 1.82) is 0 Å². The van der Waals surface area contributed by atoms with Crippen molar-refractivity contribution in [3.8, 4) is 0 Å². The molecule has 0 saturated carbocycles. The lowest BCUT2D eigenvalue weighted by molar-refractivity contribution is -0.124. The first-order chi connectivity index (χ1) is 10.8. The summed E-state index contributed by atoms with van der Waals surface area (Å²) in [5, 5.41) is 0. The summed E-state index contributed by atoms with van der Waals surface area (Å²) in [6.07, 6.45) is 2.49. The third kappa shape index (κ3) is 2.91. The van der Waals surface area contributed by atoms with Crippen LogP contribution in [0.4, 0.5) is 4.79 Å². The van der Waals surface area contributed by atoms with Gasteiger partial charge in [-0.3, -0.25) is 4.79 Å². The van der Waals surface area contributed by atoms with Crippen molar-refractivity contribution in [2.75, 3.05) is 6.61 Å². The number of amides is 2. The maximum Gasteiger partial charge on any atom is 0.417 e. The van der Waals surface area contributed by atoms with Crippen molar-refractivity contribution >= 4 is 18.1 Å². The van der Waals surface area contributed by atoms with E-state index in [0.717, 1.165) is 16.0 Å². The molecule has 1 fully saturated rings. The summed E-state index contributed by atoms with van der Waals surface area (Å²) in [4.78, 5) is 25.4. The van der Waals surface area contributed by atoms with Crippen molar-refractivity contribution in [2.24, 2.45) is 0 Å². The molecule has 2 aromatic rings. The zero-order valence-electron chi connectivity index (χ0n) is 11.9. The van der Waals surface area contributed by atoms with E-state index >= 15 is 0 Å². The number of benzene rings is 2. The first kappa shape index (κ1) is 14.1. The Bertz CT molecular complexity index is 695. The van der Waals surface area contributed by atoms with Gasteiger partial charge in [-0.05, 0) is 17.2 Å². The predicted molar refractivity (Wildman–Crippen MR) is 82.9 cm³/mol. The molecule has 0 radical (unpaired) electrons. The second kappa shape index (κ2) is 6.26.